The zero-order chi connectivity index (χ0) is 35.3. The van der Waals surface area contributed by atoms with E-state index in [1.807, 2.05) is 60.7 Å². The standard InChI is InChI=1S/C49H29N5/c1-3-13-31(14-4-1)47-50-48(32-15-5-2-6-16-32)52-49(51-47)33-22-25-34(26-23-33)53-43-29-44-40(28-41(43)39-27-24-30-12-7-8-17-35(30)45(39)53)38-20-11-19-37-36-18-9-10-21-42(36)54(44)46(37)38/h1-29H. The van der Waals surface area contributed by atoms with Gasteiger partial charge in [0.05, 0.1) is 27.6 Å². The summed E-state index contributed by atoms with van der Waals surface area (Å²) in [5.74, 6) is 1.94. The first-order valence-corrected chi connectivity index (χ1v) is 18.3. The molecule has 12 aromatic rings. The minimum atomic E-state index is 0.640. The van der Waals surface area contributed by atoms with E-state index < -0.39 is 0 Å². The maximum Gasteiger partial charge on any atom is 0.164 e. The Labute approximate surface area is 309 Å². The van der Waals surface area contributed by atoms with Gasteiger partial charge >= 0.3 is 0 Å². The van der Waals surface area contributed by atoms with Gasteiger partial charge in [-0.1, -0.05) is 133 Å². The quantitative estimate of drug-likeness (QED) is 0.185. The van der Waals surface area contributed by atoms with Crippen LogP contribution in [-0.4, -0.2) is 23.9 Å². The van der Waals surface area contributed by atoms with Gasteiger partial charge in [-0.05, 0) is 47.9 Å². The first-order valence-electron chi connectivity index (χ1n) is 18.3. The van der Waals surface area contributed by atoms with E-state index in [1.54, 1.807) is 0 Å². The predicted molar refractivity (Wildman–Crippen MR) is 223 cm³/mol. The highest BCUT2D eigenvalue weighted by Crippen LogP contribution is 2.44. The van der Waals surface area contributed by atoms with Crippen LogP contribution >= 0.6 is 0 Å². The Bertz CT molecular complexity index is 3360. The molecule has 0 fully saturated rings. The van der Waals surface area contributed by atoms with Crippen LogP contribution in [0.15, 0.2) is 176 Å². The largest absolute Gasteiger partial charge is 0.309 e. The zero-order valence-electron chi connectivity index (χ0n) is 29.0. The SMILES string of the molecule is c1ccc(-c2nc(-c3ccccc3)nc(-c3ccc(-n4c5cc6c(cc5c5ccc7ccccc7c54)c4cccc5c7ccccc7n6c54)cc3)n2)cc1. The molecule has 0 N–H and O–H groups in total. The summed E-state index contributed by atoms with van der Waals surface area (Å²) in [5, 5.41) is 10.1. The smallest absolute Gasteiger partial charge is 0.164 e. The molecule has 250 valence electrons. The molecule has 0 aliphatic heterocycles. The Morgan fingerprint density at radius 3 is 1.56 bits per heavy atom. The Kier molecular flexibility index (Phi) is 5.99. The van der Waals surface area contributed by atoms with Gasteiger partial charge in [0.25, 0.3) is 0 Å². The van der Waals surface area contributed by atoms with Crippen molar-refractivity contribution in [1.29, 1.82) is 0 Å². The normalized spacial score (nSPS) is 12.1. The van der Waals surface area contributed by atoms with Crippen LogP contribution in [0.2, 0.25) is 0 Å². The number of aromatic nitrogens is 5. The highest BCUT2D eigenvalue weighted by Gasteiger charge is 2.22. The lowest BCUT2D eigenvalue weighted by Gasteiger charge is -2.12. The maximum atomic E-state index is 5.00. The van der Waals surface area contributed by atoms with Crippen molar-refractivity contribution in [2.75, 3.05) is 0 Å². The highest BCUT2D eigenvalue weighted by atomic mass is 15.0. The summed E-state index contributed by atoms with van der Waals surface area (Å²) >= 11 is 0. The predicted octanol–water partition coefficient (Wildman–Crippen LogP) is 12.3. The Morgan fingerprint density at radius 2 is 0.852 bits per heavy atom. The fraction of sp³-hybridized carbons (Fsp3) is 0. The number of hydrogen-bond donors (Lipinski definition) is 0. The summed E-state index contributed by atoms with van der Waals surface area (Å²) in [6.07, 6.45) is 0. The van der Waals surface area contributed by atoms with Gasteiger partial charge in [-0.25, -0.2) is 15.0 Å². The van der Waals surface area contributed by atoms with Crippen LogP contribution in [-0.2, 0) is 0 Å². The summed E-state index contributed by atoms with van der Waals surface area (Å²) in [6.45, 7) is 0. The van der Waals surface area contributed by atoms with Gasteiger partial charge < -0.3 is 8.97 Å². The van der Waals surface area contributed by atoms with Gasteiger partial charge in [0, 0.05) is 60.1 Å². The van der Waals surface area contributed by atoms with E-state index in [9.17, 15) is 0 Å². The van der Waals surface area contributed by atoms with Crippen LogP contribution in [0, 0.1) is 0 Å². The molecular formula is C49H29N5. The van der Waals surface area contributed by atoms with Crippen LogP contribution in [0.4, 0.5) is 0 Å². The monoisotopic (exact) mass is 687 g/mol. The molecular weight excluding hydrogens is 659 g/mol. The van der Waals surface area contributed by atoms with Gasteiger partial charge in [0.15, 0.2) is 17.5 Å². The summed E-state index contributed by atoms with van der Waals surface area (Å²) in [6, 6.07) is 62.5. The van der Waals surface area contributed by atoms with Crippen molar-refractivity contribution in [2.24, 2.45) is 0 Å². The molecule has 12 rings (SSSR count). The third-order valence-corrected chi connectivity index (χ3v) is 11.1. The number of para-hydroxylation sites is 2. The number of nitrogens with zero attached hydrogens (tertiary/aromatic N) is 5. The van der Waals surface area contributed by atoms with Crippen LogP contribution in [0.5, 0.6) is 0 Å². The molecule has 5 nitrogen and oxygen atoms in total. The summed E-state index contributed by atoms with van der Waals surface area (Å²) in [5.41, 5.74) is 10.0. The molecule has 0 aliphatic carbocycles. The third kappa shape index (κ3) is 4.12. The molecule has 5 heteroatoms. The van der Waals surface area contributed by atoms with Gasteiger partial charge in [-0.15, -0.1) is 0 Å². The van der Waals surface area contributed by atoms with E-state index in [4.69, 9.17) is 15.0 Å². The molecule has 0 aliphatic rings. The Morgan fingerprint density at radius 1 is 0.315 bits per heavy atom. The van der Waals surface area contributed by atoms with Gasteiger partial charge in [-0.2, -0.15) is 0 Å². The first-order chi connectivity index (χ1) is 26.8. The van der Waals surface area contributed by atoms with Crippen molar-refractivity contribution in [2.45, 2.75) is 0 Å². The highest BCUT2D eigenvalue weighted by molar-refractivity contribution is 6.27. The zero-order valence-corrected chi connectivity index (χ0v) is 29.0. The van der Waals surface area contributed by atoms with E-state index in [0.717, 1.165) is 22.4 Å². The van der Waals surface area contributed by atoms with Crippen LogP contribution < -0.4 is 0 Å². The lowest BCUT2D eigenvalue weighted by atomic mass is 10.0. The lowest BCUT2D eigenvalue weighted by molar-refractivity contribution is 1.07. The van der Waals surface area contributed by atoms with Crippen LogP contribution in [0.1, 0.15) is 0 Å². The van der Waals surface area contributed by atoms with Gasteiger partial charge in [0.2, 0.25) is 0 Å². The average Bonchev–Trinajstić information content (AvgIpc) is 3.88. The molecule has 0 amide bonds. The van der Waals surface area contributed by atoms with E-state index in [1.165, 1.54) is 70.7 Å². The molecule has 0 unspecified atom stereocenters. The second-order valence-electron chi connectivity index (χ2n) is 14.0. The minimum absolute atomic E-state index is 0.640. The average molecular weight is 688 g/mol. The maximum absolute atomic E-state index is 5.00. The van der Waals surface area contributed by atoms with E-state index in [-0.39, 0.29) is 0 Å². The molecule has 4 aromatic heterocycles. The second-order valence-corrected chi connectivity index (χ2v) is 14.0. The Hall–Kier alpha value is -7.37. The fourth-order valence-electron chi connectivity index (χ4n) is 8.66. The lowest BCUT2D eigenvalue weighted by Crippen LogP contribution is -2.00. The van der Waals surface area contributed by atoms with Crippen molar-refractivity contribution in [3.8, 4) is 39.9 Å². The van der Waals surface area contributed by atoms with Crippen molar-refractivity contribution >= 4 is 70.7 Å². The van der Waals surface area contributed by atoms with Crippen LogP contribution in [0.3, 0.4) is 0 Å². The van der Waals surface area contributed by atoms with E-state index in [2.05, 4.69) is 124 Å². The third-order valence-electron chi connectivity index (χ3n) is 11.1. The molecule has 0 saturated heterocycles. The molecule has 0 spiro atoms. The molecule has 54 heavy (non-hydrogen) atoms. The molecule has 4 heterocycles. The number of hydrogen-bond acceptors (Lipinski definition) is 3. The first kappa shape index (κ1) is 29.2. The van der Waals surface area contributed by atoms with Crippen molar-refractivity contribution < 1.29 is 0 Å². The molecule has 0 saturated carbocycles. The molecule has 0 bridgehead atoms. The fourth-order valence-corrected chi connectivity index (χ4v) is 8.66. The van der Waals surface area contributed by atoms with Gasteiger partial charge in [-0.3, -0.25) is 0 Å². The topological polar surface area (TPSA) is 48.0 Å². The van der Waals surface area contributed by atoms with Gasteiger partial charge in [0.1, 0.15) is 0 Å². The summed E-state index contributed by atoms with van der Waals surface area (Å²) < 4.78 is 4.91. The Balaban J connectivity index is 1.11. The van der Waals surface area contributed by atoms with Crippen LogP contribution in [0.25, 0.3) is 111 Å². The molecule has 8 aromatic carbocycles. The summed E-state index contributed by atoms with van der Waals surface area (Å²) in [7, 11) is 0. The second kappa shape index (κ2) is 11.1. The summed E-state index contributed by atoms with van der Waals surface area (Å²) in [4.78, 5) is 14.9. The van der Waals surface area contributed by atoms with E-state index >= 15 is 0 Å². The minimum Gasteiger partial charge on any atom is -0.309 e. The van der Waals surface area contributed by atoms with Crippen molar-refractivity contribution in [3.63, 3.8) is 0 Å². The van der Waals surface area contributed by atoms with Crippen molar-refractivity contribution in [3.05, 3.63) is 176 Å². The number of benzene rings is 8. The van der Waals surface area contributed by atoms with E-state index in [0.29, 0.717) is 17.5 Å². The number of rotatable bonds is 4. The molecule has 0 atom stereocenters. The van der Waals surface area contributed by atoms with Crippen molar-refractivity contribution in [1.82, 2.24) is 23.9 Å². The molecule has 0 radical (unpaired) electrons. The number of fused-ring (bicyclic) bond motifs is 11.